The highest BCUT2D eigenvalue weighted by Crippen LogP contribution is 2.35. The van der Waals surface area contributed by atoms with Crippen molar-refractivity contribution in [2.24, 2.45) is 0 Å². The van der Waals surface area contributed by atoms with Crippen LogP contribution in [0.3, 0.4) is 0 Å². The Kier molecular flexibility index (Phi) is 5.30. The molecule has 0 aliphatic carbocycles. The van der Waals surface area contributed by atoms with Gasteiger partial charge in [0.25, 0.3) is 5.69 Å². The van der Waals surface area contributed by atoms with Gasteiger partial charge in [-0.15, -0.1) is 11.3 Å². The highest BCUT2D eigenvalue weighted by atomic mass is 79.9. The van der Waals surface area contributed by atoms with Gasteiger partial charge in [-0.2, -0.15) is 0 Å². The second-order valence-electron chi connectivity index (χ2n) is 4.54. The fraction of sp³-hybridized carbons (Fsp3) is 0.286. The molecule has 7 heteroatoms. The van der Waals surface area contributed by atoms with Crippen LogP contribution in [0.1, 0.15) is 30.7 Å². The number of anilines is 1. The average molecular weight is 373 g/mol. The lowest BCUT2D eigenvalue weighted by atomic mass is 10.1. The van der Waals surface area contributed by atoms with Gasteiger partial charge in [-0.1, -0.05) is 19.4 Å². The van der Waals surface area contributed by atoms with Crippen molar-refractivity contribution in [2.75, 3.05) is 5.32 Å². The fourth-order valence-electron chi connectivity index (χ4n) is 2.05. The van der Waals surface area contributed by atoms with Gasteiger partial charge >= 0.3 is 0 Å². The van der Waals surface area contributed by atoms with Crippen LogP contribution in [0.25, 0.3) is 0 Å². The van der Waals surface area contributed by atoms with Crippen molar-refractivity contribution in [1.82, 2.24) is 0 Å². The molecule has 0 saturated carbocycles. The molecule has 1 N–H and O–H groups in total. The number of hydrogen-bond donors (Lipinski definition) is 1. The fourth-order valence-corrected chi connectivity index (χ4v) is 3.21. The Morgan fingerprint density at radius 3 is 2.86 bits per heavy atom. The first-order valence-corrected chi connectivity index (χ1v) is 8.13. The minimum absolute atomic E-state index is 0.0222. The van der Waals surface area contributed by atoms with Gasteiger partial charge < -0.3 is 5.32 Å². The van der Waals surface area contributed by atoms with E-state index in [-0.39, 0.29) is 16.2 Å². The third-order valence-electron chi connectivity index (χ3n) is 3.03. The predicted octanol–water partition coefficient (Wildman–Crippen LogP) is 5.51. The van der Waals surface area contributed by atoms with Crippen molar-refractivity contribution in [3.8, 4) is 0 Å². The van der Waals surface area contributed by atoms with Gasteiger partial charge in [-0.3, -0.25) is 10.1 Å². The van der Waals surface area contributed by atoms with Crippen LogP contribution in [-0.4, -0.2) is 4.92 Å². The van der Waals surface area contributed by atoms with E-state index in [0.29, 0.717) is 5.69 Å². The molecule has 0 saturated heterocycles. The zero-order chi connectivity index (χ0) is 15.4. The molecule has 0 spiro atoms. The lowest BCUT2D eigenvalue weighted by Crippen LogP contribution is -2.11. The van der Waals surface area contributed by atoms with Crippen molar-refractivity contribution >= 4 is 38.6 Å². The van der Waals surface area contributed by atoms with Gasteiger partial charge in [0.05, 0.1) is 21.5 Å². The number of benzene rings is 1. The van der Waals surface area contributed by atoms with Gasteiger partial charge in [-0.05, 0) is 39.9 Å². The summed E-state index contributed by atoms with van der Waals surface area (Å²) in [5, 5.41) is 16.2. The quantitative estimate of drug-likeness (QED) is 0.537. The van der Waals surface area contributed by atoms with E-state index in [1.54, 1.807) is 11.3 Å². The minimum Gasteiger partial charge on any atom is -0.372 e. The second-order valence-corrected chi connectivity index (χ2v) is 6.38. The highest BCUT2D eigenvalue weighted by molar-refractivity contribution is 9.10. The van der Waals surface area contributed by atoms with Crippen molar-refractivity contribution < 1.29 is 9.31 Å². The molecule has 0 bridgehead atoms. The Hall–Kier alpha value is -1.47. The molecule has 0 radical (unpaired) electrons. The zero-order valence-corrected chi connectivity index (χ0v) is 13.7. The summed E-state index contributed by atoms with van der Waals surface area (Å²) in [6, 6.07) is 6.26. The molecule has 2 aromatic rings. The molecule has 112 valence electrons. The van der Waals surface area contributed by atoms with Crippen LogP contribution in [0, 0.1) is 15.9 Å². The molecule has 0 fully saturated rings. The van der Waals surface area contributed by atoms with E-state index in [1.807, 2.05) is 17.5 Å². The number of nitro groups is 1. The SMILES string of the molecule is CCCC(Nc1cc(Br)c(F)cc1[N+](=O)[O-])c1cccs1. The third-order valence-corrected chi connectivity index (χ3v) is 4.62. The smallest absolute Gasteiger partial charge is 0.295 e. The van der Waals surface area contributed by atoms with Crippen LogP contribution in [-0.2, 0) is 0 Å². The summed E-state index contributed by atoms with van der Waals surface area (Å²) in [6.45, 7) is 2.05. The molecule has 1 aromatic heterocycles. The number of nitro benzene ring substituents is 1. The van der Waals surface area contributed by atoms with Crippen molar-refractivity contribution in [3.05, 3.63) is 54.9 Å². The van der Waals surface area contributed by atoms with Gasteiger partial charge in [0.15, 0.2) is 0 Å². The van der Waals surface area contributed by atoms with Crippen LogP contribution >= 0.6 is 27.3 Å². The van der Waals surface area contributed by atoms with E-state index < -0.39 is 10.7 Å². The lowest BCUT2D eigenvalue weighted by Gasteiger charge is -2.18. The summed E-state index contributed by atoms with van der Waals surface area (Å²) < 4.78 is 13.7. The first kappa shape index (κ1) is 15.9. The maximum atomic E-state index is 13.5. The molecule has 1 atom stereocenters. The molecular weight excluding hydrogens is 359 g/mol. The number of rotatable bonds is 6. The van der Waals surface area contributed by atoms with Gasteiger partial charge in [0.1, 0.15) is 11.5 Å². The van der Waals surface area contributed by atoms with E-state index in [4.69, 9.17) is 0 Å². The van der Waals surface area contributed by atoms with E-state index in [9.17, 15) is 14.5 Å². The molecule has 0 amide bonds. The third kappa shape index (κ3) is 3.79. The normalized spacial score (nSPS) is 12.1. The monoisotopic (exact) mass is 372 g/mol. The second kappa shape index (κ2) is 7.00. The highest BCUT2D eigenvalue weighted by Gasteiger charge is 2.21. The summed E-state index contributed by atoms with van der Waals surface area (Å²) >= 11 is 4.67. The van der Waals surface area contributed by atoms with Gasteiger partial charge in [0.2, 0.25) is 0 Å². The first-order chi connectivity index (χ1) is 10.0. The molecule has 2 rings (SSSR count). The van der Waals surface area contributed by atoms with E-state index in [1.165, 1.54) is 6.07 Å². The Morgan fingerprint density at radius 1 is 1.52 bits per heavy atom. The predicted molar refractivity (Wildman–Crippen MR) is 86.3 cm³/mol. The number of thiophene rings is 1. The van der Waals surface area contributed by atoms with Crippen LogP contribution in [0.2, 0.25) is 0 Å². The Balaban J connectivity index is 2.36. The molecule has 0 aliphatic rings. The molecule has 21 heavy (non-hydrogen) atoms. The molecule has 1 unspecified atom stereocenters. The van der Waals surface area contributed by atoms with E-state index in [2.05, 4.69) is 28.2 Å². The minimum atomic E-state index is -0.643. The number of nitrogens with zero attached hydrogens (tertiary/aromatic N) is 1. The van der Waals surface area contributed by atoms with Gasteiger partial charge in [0, 0.05) is 4.88 Å². The largest absolute Gasteiger partial charge is 0.372 e. The summed E-state index contributed by atoms with van der Waals surface area (Å²) in [4.78, 5) is 11.6. The maximum absolute atomic E-state index is 13.5. The van der Waals surface area contributed by atoms with E-state index >= 15 is 0 Å². The Bertz CT molecular complexity index is 634. The standard InChI is InChI=1S/C14H14BrFN2O2S/c1-2-4-11(14-5-3-6-21-14)17-12-7-9(15)10(16)8-13(12)18(19)20/h3,5-8,11,17H,2,4H2,1H3. The molecule has 1 heterocycles. The summed E-state index contributed by atoms with van der Waals surface area (Å²) in [5.74, 6) is -0.643. The van der Waals surface area contributed by atoms with E-state index in [0.717, 1.165) is 23.8 Å². The summed E-state index contributed by atoms with van der Waals surface area (Å²) in [6.07, 6.45) is 1.78. The maximum Gasteiger partial charge on any atom is 0.295 e. The molecular formula is C14H14BrFN2O2S. The number of hydrogen-bond acceptors (Lipinski definition) is 4. The first-order valence-electron chi connectivity index (χ1n) is 6.46. The topological polar surface area (TPSA) is 55.2 Å². The molecule has 0 aliphatic heterocycles. The van der Waals surface area contributed by atoms with Crippen molar-refractivity contribution in [1.29, 1.82) is 0 Å². The Labute approximate surface area is 134 Å². The average Bonchev–Trinajstić information content (AvgIpc) is 2.95. The zero-order valence-electron chi connectivity index (χ0n) is 11.3. The molecule has 1 aromatic carbocycles. The van der Waals surface area contributed by atoms with Crippen LogP contribution in [0.15, 0.2) is 34.1 Å². The van der Waals surface area contributed by atoms with Crippen molar-refractivity contribution in [3.63, 3.8) is 0 Å². The molecule has 4 nitrogen and oxygen atoms in total. The number of halogens is 2. The van der Waals surface area contributed by atoms with Crippen LogP contribution in [0.4, 0.5) is 15.8 Å². The summed E-state index contributed by atoms with van der Waals surface area (Å²) in [7, 11) is 0. The van der Waals surface area contributed by atoms with Crippen molar-refractivity contribution in [2.45, 2.75) is 25.8 Å². The van der Waals surface area contributed by atoms with Crippen LogP contribution < -0.4 is 5.32 Å². The lowest BCUT2D eigenvalue weighted by molar-refractivity contribution is -0.384. The number of nitrogens with one attached hydrogen (secondary N) is 1. The van der Waals surface area contributed by atoms with Crippen LogP contribution in [0.5, 0.6) is 0 Å². The Morgan fingerprint density at radius 2 is 2.29 bits per heavy atom. The summed E-state index contributed by atoms with van der Waals surface area (Å²) in [5.41, 5.74) is 0.0634. The van der Waals surface area contributed by atoms with Gasteiger partial charge in [-0.25, -0.2) is 4.39 Å².